The summed E-state index contributed by atoms with van der Waals surface area (Å²) in [4.78, 5) is 11.1. The Bertz CT molecular complexity index is 408. The minimum atomic E-state index is -0.772. The highest BCUT2D eigenvalue weighted by Gasteiger charge is 2.27. The number of benzene rings is 1. The quantitative estimate of drug-likeness (QED) is 0.855. The Balaban J connectivity index is 2.97. The maximum atomic E-state index is 11.1. The van der Waals surface area contributed by atoms with Crippen molar-refractivity contribution < 1.29 is 14.6 Å². The highest BCUT2D eigenvalue weighted by molar-refractivity contribution is 5.74. The largest absolute Gasteiger partial charge is 0.496 e. The van der Waals surface area contributed by atoms with Gasteiger partial charge in [0, 0.05) is 0 Å². The van der Waals surface area contributed by atoms with Gasteiger partial charge in [-0.3, -0.25) is 4.79 Å². The van der Waals surface area contributed by atoms with Crippen molar-refractivity contribution in [1.82, 2.24) is 0 Å². The van der Waals surface area contributed by atoms with Gasteiger partial charge in [0.1, 0.15) is 5.75 Å². The number of methoxy groups -OCH3 is 1. The van der Waals surface area contributed by atoms with Crippen LogP contribution in [-0.2, 0) is 17.6 Å². The lowest BCUT2D eigenvalue weighted by Crippen LogP contribution is -2.26. The number of hydrogen-bond acceptors (Lipinski definition) is 2. The Hall–Kier alpha value is -1.51. The van der Waals surface area contributed by atoms with Crippen LogP contribution in [-0.4, -0.2) is 18.2 Å². The van der Waals surface area contributed by atoms with Crippen LogP contribution < -0.4 is 4.74 Å². The zero-order valence-electron chi connectivity index (χ0n) is 10.9. The van der Waals surface area contributed by atoms with Gasteiger partial charge in [-0.05, 0) is 43.9 Å². The van der Waals surface area contributed by atoms with Gasteiger partial charge in [-0.15, -0.1) is 0 Å². The van der Waals surface area contributed by atoms with E-state index in [1.165, 1.54) is 0 Å². The van der Waals surface area contributed by atoms with Gasteiger partial charge in [0.05, 0.1) is 12.5 Å². The van der Waals surface area contributed by atoms with Crippen molar-refractivity contribution in [1.29, 1.82) is 0 Å². The summed E-state index contributed by atoms with van der Waals surface area (Å²) in [7, 11) is 1.65. The number of carboxylic acids is 1. The van der Waals surface area contributed by atoms with Crippen LogP contribution in [0.25, 0.3) is 0 Å². The summed E-state index contributed by atoms with van der Waals surface area (Å²) in [5.74, 6) is 0.0933. The second-order valence-corrected chi connectivity index (χ2v) is 4.87. The molecule has 1 N–H and O–H groups in total. The molecule has 0 radical (unpaired) electrons. The normalized spacial score (nSPS) is 11.3. The van der Waals surface area contributed by atoms with Gasteiger partial charge >= 0.3 is 5.97 Å². The third-order valence-corrected chi connectivity index (χ3v) is 2.95. The van der Waals surface area contributed by atoms with Crippen LogP contribution in [0.2, 0.25) is 0 Å². The molecule has 94 valence electrons. The first-order chi connectivity index (χ1) is 7.90. The van der Waals surface area contributed by atoms with Crippen molar-refractivity contribution in [3.8, 4) is 5.75 Å². The van der Waals surface area contributed by atoms with E-state index in [0.717, 1.165) is 23.3 Å². The Labute approximate surface area is 102 Å². The van der Waals surface area contributed by atoms with Crippen LogP contribution in [0.5, 0.6) is 5.75 Å². The summed E-state index contributed by atoms with van der Waals surface area (Å²) >= 11 is 0. The van der Waals surface area contributed by atoms with Crippen LogP contribution in [0.4, 0.5) is 0 Å². The molecule has 1 rings (SSSR count). The Morgan fingerprint density at radius 2 is 2.06 bits per heavy atom. The smallest absolute Gasteiger partial charge is 0.309 e. The molecule has 0 aliphatic carbocycles. The summed E-state index contributed by atoms with van der Waals surface area (Å²) in [5, 5.41) is 9.11. The predicted octanol–water partition coefficient (Wildman–Crippen LogP) is 2.91. The Morgan fingerprint density at radius 1 is 1.41 bits per heavy atom. The topological polar surface area (TPSA) is 46.5 Å². The predicted molar refractivity (Wildman–Crippen MR) is 67.5 cm³/mol. The summed E-state index contributed by atoms with van der Waals surface area (Å²) in [6.07, 6.45) is 1.41. The molecular formula is C14H20O3. The third kappa shape index (κ3) is 3.22. The molecule has 0 bridgehead atoms. The lowest BCUT2D eigenvalue weighted by molar-refractivity contribution is -0.146. The number of carboxylic acid groups (broad SMARTS) is 1. The molecule has 0 atom stereocenters. The van der Waals surface area contributed by atoms with E-state index in [9.17, 15) is 4.79 Å². The number of hydrogen-bond donors (Lipinski definition) is 1. The fourth-order valence-corrected chi connectivity index (χ4v) is 1.80. The molecule has 1 aromatic rings. The van der Waals surface area contributed by atoms with E-state index < -0.39 is 11.4 Å². The molecule has 17 heavy (non-hydrogen) atoms. The van der Waals surface area contributed by atoms with E-state index in [0.29, 0.717) is 6.42 Å². The van der Waals surface area contributed by atoms with E-state index in [4.69, 9.17) is 9.84 Å². The number of aliphatic carboxylic acids is 1. The lowest BCUT2D eigenvalue weighted by atomic mass is 9.85. The molecule has 0 saturated heterocycles. The zero-order chi connectivity index (χ0) is 13.1. The number of rotatable bonds is 5. The van der Waals surface area contributed by atoms with Gasteiger partial charge < -0.3 is 9.84 Å². The van der Waals surface area contributed by atoms with Gasteiger partial charge in [-0.1, -0.05) is 19.1 Å². The minimum absolute atomic E-state index is 0.527. The third-order valence-electron chi connectivity index (χ3n) is 2.95. The summed E-state index contributed by atoms with van der Waals surface area (Å²) in [6, 6.07) is 5.87. The molecule has 0 spiro atoms. The van der Waals surface area contributed by atoms with Crippen molar-refractivity contribution in [3.05, 3.63) is 29.3 Å². The molecule has 0 aromatic heterocycles. The Kier molecular flexibility index (Phi) is 4.16. The van der Waals surface area contributed by atoms with Crippen molar-refractivity contribution in [2.75, 3.05) is 7.11 Å². The van der Waals surface area contributed by atoms with E-state index >= 15 is 0 Å². The highest BCUT2D eigenvalue weighted by atomic mass is 16.5. The minimum Gasteiger partial charge on any atom is -0.496 e. The summed E-state index contributed by atoms with van der Waals surface area (Å²) in [5.41, 5.74) is 1.42. The lowest BCUT2D eigenvalue weighted by Gasteiger charge is -2.19. The average molecular weight is 236 g/mol. The molecule has 0 amide bonds. The van der Waals surface area contributed by atoms with E-state index in [-0.39, 0.29) is 0 Å². The Morgan fingerprint density at radius 3 is 2.53 bits per heavy atom. The van der Waals surface area contributed by atoms with Crippen molar-refractivity contribution >= 4 is 5.97 Å². The number of carbonyl (C=O) groups is 1. The molecule has 0 aliphatic rings. The van der Waals surface area contributed by atoms with Crippen molar-refractivity contribution in [3.63, 3.8) is 0 Å². The second-order valence-electron chi connectivity index (χ2n) is 4.87. The van der Waals surface area contributed by atoms with Gasteiger partial charge in [0.2, 0.25) is 0 Å². The average Bonchev–Trinajstić information content (AvgIpc) is 2.28. The first-order valence-electron chi connectivity index (χ1n) is 5.80. The first-order valence-corrected chi connectivity index (χ1v) is 5.80. The van der Waals surface area contributed by atoms with Gasteiger partial charge in [0.25, 0.3) is 0 Å². The van der Waals surface area contributed by atoms with Crippen molar-refractivity contribution in [2.45, 2.75) is 33.6 Å². The molecule has 0 fully saturated rings. The number of ether oxygens (including phenoxy) is 1. The number of aryl methyl sites for hydroxylation is 1. The van der Waals surface area contributed by atoms with E-state index in [1.807, 2.05) is 18.2 Å². The maximum Gasteiger partial charge on any atom is 0.309 e. The molecular weight excluding hydrogens is 216 g/mol. The van der Waals surface area contributed by atoms with Gasteiger partial charge in [-0.25, -0.2) is 0 Å². The maximum absolute atomic E-state index is 11.1. The SMILES string of the molecule is CCc1cc(CC(C)(C)C(=O)O)ccc1OC. The van der Waals surface area contributed by atoms with Gasteiger partial charge in [0.15, 0.2) is 0 Å². The van der Waals surface area contributed by atoms with Crippen LogP contribution in [0.3, 0.4) is 0 Å². The second kappa shape index (κ2) is 5.21. The molecule has 0 saturated carbocycles. The standard InChI is InChI=1S/C14H20O3/c1-5-11-8-10(6-7-12(11)17-4)9-14(2,3)13(15)16/h6-8H,5,9H2,1-4H3,(H,15,16). The fourth-order valence-electron chi connectivity index (χ4n) is 1.80. The molecule has 0 heterocycles. The van der Waals surface area contributed by atoms with Crippen molar-refractivity contribution in [2.24, 2.45) is 5.41 Å². The van der Waals surface area contributed by atoms with Crippen LogP contribution in [0.15, 0.2) is 18.2 Å². The summed E-state index contributed by atoms with van der Waals surface area (Å²) in [6.45, 7) is 5.54. The first kappa shape index (κ1) is 13.6. The fraction of sp³-hybridized carbons (Fsp3) is 0.500. The van der Waals surface area contributed by atoms with E-state index in [2.05, 4.69) is 6.92 Å². The van der Waals surface area contributed by atoms with Crippen LogP contribution in [0.1, 0.15) is 31.9 Å². The molecule has 1 aromatic carbocycles. The van der Waals surface area contributed by atoms with Crippen LogP contribution >= 0.6 is 0 Å². The van der Waals surface area contributed by atoms with Gasteiger partial charge in [-0.2, -0.15) is 0 Å². The van der Waals surface area contributed by atoms with Crippen LogP contribution in [0, 0.1) is 5.41 Å². The molecule has 0 aliphatic heterocycles. The molecule has 0 unspecified atom stereocenters. The highest BCUT2D eigenvalue weighted by Crippen LogP contribution is 2.26. The molecule has 3 heteroatoms. The molecule has 3 nitrogen and oxygen atoms in total. The van der Waals surface area contributed by atoms with E-state index in [1.54, 1.807) is 21.0 Å². The monoisotopic (exact) mass is 236 g/mol. The summed E-state index contributed by atoms with van der Waals surface area (Å²) < 4.78 is 5.25. The zero-order valence-corrected chi connectivity index (χ0v) is 10.9.